The Morgan fingerprint density at radius 1 is 0.875 bits per heavy atom. The summed E-state index contributed by atoms with van der Waals surface area (Å²) in [6.07, 6.45) is -2.88. The topological polar surface area (TPSA) is 12.9 Å². The lowest BCUT2D eigenvalue weighted by Gasteiger charge is -2.11. The van der Waals surface area contributed by atoms with Gasteiger partial charge in [-0.25, -0.2) is 0 Å². The van der Waals surface area contributed by atoms with Crippen LogP contribution in [-0.2, 0) is 6.18 Å². The van der Waals surface area contributed by atoms with E-state index in [1.54, 1.807) is 24.3 Å². The minimum absolute atomic E-state index is 0.107. The second-order valence-electron chi connectivity index (χ2n) is 3.26. The van der Waals surface area contributed by atoms with E-state index in [0.717, 1.165) is 6.07 Å². The van der Waals surface area contributed by atoms with E-state index in [1.807, 2.05) is 0 Å². The average molecular weight is 223 g/mol. The van der Waals surface area contributed by atoms with Gasteiger partial charge in [-0.05, 0) is 18.2 Å². The Morgan fingerprint density at radius 3 is 2.19 bits per heavy atom. The van der Waals surface area contributed by atoms with Gasteiger partial charge >= 0.3 is 6.18 Å². The van der Waals surface area contributed by atoms with Crippen molar-refractivity contribution >= 4 is 0 Å². The summed E-state index contributed by atoms with van der Waals surface area (Å²) >= 11 is 0. The molecule has 0 unspecified atom stereocenters. The lowest BCUT2D eigenvalue weighted by atomic mass is 10.0. The summed E-state index contributed by atoms with van der Waals surface area (Å²) in [6, 6.07) is 10.3. The zero-order chi connectivity index (χ0) is 11.6. The number of pyridine rings is 1. The largest absolute Gasteiger partial charge is 0.417 e. The summed E-state index contributed by atoms with van der Waals surface area (Å²) in [5.41, 5.74) is -0.222. The van der Waals surface area contributed by atoms with Crippen molar-refractivity contribution < 1.29 is 13.2 Å². The second-order valence-corrected chi connectivity index (χ2v) is 3.26. The van der Waals surface area contributed by atoms with Crippen LogP contribution >= 0.6 is 0 Å². The van der Waals surface area contributed by atoms with Gasteiger partial charge in [0.2, 0.25) is 0 Å². The summed E-state index contributed by atoms with van der Waals surface area (Å²) in [5, 5.41) is 0. The molecule has 0 aliphatic carbocycles. The number of aromatic nitrogens is 1. The Kier molecular flexibility index (Phi) is 2.64. The van der Waals surface area contributed by atoms with Gasteiger partial charge in [0, 0.05) is 11.8 Å². The number of halogens is 3. The molecule has 0 saturated heterocycles. The molecule has 0 fully saturated rings. The van der Waals surface area contributed by atoms with Gasteiger partial charge in [0.15, 0.2) is 0 Å². The molecule has 82 valence electrons. The zero-order valence-corrected chi connectivity index (χ0v) is 8.20. The molecule has 0 spiro atoms. The molecule has 1 aromatic heterocycles. The van der Waals surface area contributed by atoms with Crippen molar-refractivity contribution in [2.45, 2.75) is 6.18 Å². The van der Waals surface area contributed by atoms with E-state index in [2.05, 4.69) is 4.98 Å². The normalized spacial score (nSPS) is 11.4. The second kappa shape index (κ2) is 3.96. The van der Waals surface area contributed by atoms with Crippen LogP contribution in [0.15, 0.2) is 48.7 Å². The van der Waals surface area contributed by atoms with Crippen LogP contribution in [0.4, 0.5) is 13.2 Å². The predicted molar refractivity (Wildman–Crippen MR) is 54.7 cm³/mol. The first-order valence-corrected chi connectivity index (χ1v) is 4.66. The number of nitrogens with zero attached hydrogens (tertiary/aromatic N) is 1. The van der Waals surface area contributed by atoms with Gasteiger partial charge in [-0.1, -0.05) is 24.3 Å². The molecule has 0 aliphatic heterocycles. The Morgan fingerprint density at radius 2 is 1.56 bits per heavy atom. The third kappa shape index (κ3) is 2.05. The molecule has 0 N–H and O–H groups in total. The highest BCUT2D eigenvalue weighted by Gasteiger charge is 2.33. The molecule has 1 heterocycles. The van der Waals surface area contributed by atoms with Crippen molar-refractivity contribution in [3.8, 4) is 11.3 Å². The number of benzene rings is 1. The molecular weight excluding hydrogens is 215 g/mol. The number of hydrogen-bond acceptors (Lipinski definition) is 1. The van der Waals surface area contributed by atoms with Crippen LogP contribution in [0.5, 0.6) is 0 Å². The first-order valence-electron chi connectivity index (χ1n) is 4.66. The maximum absolute atomic E-state index is 12.7. The molecule has 0 bridgehead atoms. The van der Waals surface area contributed by atoms with Gasteiger partial charge in [0.25, 0.3) is 0 Å². The summed E-state index contributed by atoms with van der Waals surface area (Å²) in [7, 11) is 0. The smallest absolute Gasteiger partial charge is 0.256 e. The molecule has 0 amide bonds. The highest BCUT2D eigenvalue weighted by molar-refractivity contribution is 5.64. The monoisotopic (exact) mass is 223 g/mol. The Labute approximate surface area is 90.6 Å². The van der Waals surface area contributed by atoms with Crippen LogP contribution in [0.1, 0.15) is 5.56 Å². The first-order chi connectivity index (χ1) is 7.59. The standard InChI is InChI=1S/C12H8F3N/c13-12(14,15)10-6-2-1-5-9(10)11-7-3-4-8-16-11/h1-8H. The molecule has 0 saturated carbocycles. The highest BCUT2D eigenvalue weighted by Crippen LogP contribution is 2.35. The molecule has 2 rings (SSSR count). The molecule has 2 aromatic rings. The molecule has 0 atom stereocenters. The Balaban J connectivity index is 2.58. The van der Waals surface area contributed by atoms with Crippen molar-refractivity contribution in [1.29, 1.82) is 0 Å². The number of hydrogen-bond donors (Lipinski definition) is 0. The van der Waals surface area contributed by atoms with Crippen molar-refractivity contribution in [3.63, 3.8) is 0 Å². The predicted octanol–water partition coefficient (Wildman–Crippen LogP) is 3.77. The zero-order valence-electron chi connectivity index (χ0n) is 8.20. The van der Waals surface area contributed by atoms with Gasteiger partial charge in [-0.15, -0.1) is 0 Å². The van der Waals surface area contributed by atoms with Gasteiger partial charge in [-0.2, -0.15) is 13.2 Å². The van der Waals surface area contributed by atoms with E-state index in [1.165, 1.54) is 18.3 Å². The molecule has 1 aromatic carbocycles. The summed E-state index contributed by atoms with van der Waals surface area (Å²) in [5.74, 6) is 0. The van der Waals surface area contributed by atoms with Crippen LogP contribution in [-0.4, -0.2) is 4.98 Å². The summed E-state index contributed by atoms with van der Waals surface area (Å²) < 4.78 is 38.1. The van der Waals surface area contributed by atoms with E-state index in [4.69, 9.17) is 0 Å². The summed E-state index contributed by atoms with van der Waals surface area (Å²) in [6.45, 7) is 0. The van der Waals surface area contributed by atoms with Gasteiger partial charge in [-0.3, -0.25) is 4.98 Å². The Bertz CT molecular complexity index is 477. The van der Waals surface area contributed by atoms with Crippen LogP contribution in [0.25, 0.3) is 11.3 Å². The maximum atomic E-state index is 12.7. The lowest BCUT2D eigenvalue weighted by Crippen LogP contribution is -2.07. The van der Waals surface area contributed by atoms with Crippen LogP contribution in [0, 0.1) is 0 Å². The van der Waals surface area contributed by atoms with Gasteiger partial charge in [0.05, 0.1) is 11.3 Å². The van der Waals surface area contributed by atoms with Crippen LogP contribution in [0.3, 0.4) is 0 Å². The first kappa shape index (κ1) is 10.7. The van der Waals surface area contributed by atoms with E-state index in [-0.39, 0.29) is 5.56 Å². The minimum Gasteiger partial charge on any atom is -0.256 e. The average Bonchev–Trinajstić information content (AvgIpc) is 2.29. The van der Waals surface area contributed by atoms with Crippen molar-refractivity contribution in [2.75, 3.05) is 0 Å². The molecule has 0 radical (unpaired) electrons. The molecule has 0 aliphatic rings. The van der Waals surface area contributed by atoms with E-state index in [0.29, 0.717) is 5.69 Å². The number of rotatable bonds is 1. The van der Waals surface area contributed by atoms with E-state index >= 15 is 0 Å². The number of alkyl halides is 3. The summed E-state index contributed by atoms with van der Waals surface area (Å²) in [4.78, 5) is 3.92. The van der Waals surface area contributed by atoms with E-state index in [9.17, 15) is 13.2 Å². The van der Waals surface area contributed by atoms with Crippen LogP contribution in [0.2, 0.25) is 0 Å². The van der Waals surface area contributed by atoms with Crippen molar-refractivity contribution in [3.05, 3.63) is 54.2 Å². The fraction of sp³-hybridized carbons (Fsp3) is 0.0833. The van der Waals surface area contributed by atoms with Gasteiger partial charge in [0.1, 0.15) is 0 Å². The minimum atomic E-state index is -4.35. The fourth-order valence-corrected chi connectivity index (χ4v) is 1.48. The lowest BCUT2D eigenvalue weighted by molar-refractivity contribution is -0.137. The van der Waals surface area contributed by atoms with E-state index < -0.39 is 11.7 Å². The third-order valence-electron chi connectivity index (χ3n) is 2.17. The van der Waals surface area contributed by atoms with Gasteiger partial charge < -0.3 is 0 Å². The molecule has 1 nitrogen and oxygen atoms in total. The highest BCUT2D eigenvalue weighted by atomic mass is 19.4. The quantitative estimate of drug-likeness (QED) is 0.717. The van der Waals surface area contributed by atoms with Crippen LogP contribution < -0.4 is 0 Å². The van der Waals surface area contributed by atoms with Crippen molar-refractivity contribution in [2.24, 2.45) is 0 Å². The molecule has 16 heavy (non-hydrogen) atoms. The molecular formula is C12H8F3N. The molecule has 4 heteroatoms. The Hall–Kier alpha value is -1.84. The third-order valence-corrected chi connectivity index (χ3v) is 2.17. The maximum Gasteiger partial charge on any atom is 0.417 e. The fourth-order valence-electron chi connectivity index (χ4n) is 1.48. The SMILES string of the molecule is FC(F)(F)c1ccccc1-c1ccccn1. The van der Waals surface area contributed by atoms with Crippen molar-refractivity contribution in [1.82, 2.24) is 4.98 Å².